The van der Waals surface area contributed by atoms with E-state index in [4.69, 9.17) is 4.74 Å². The van der Waals surface area contributed by atoms with Gasteiger partial charge in [0.15, 0.2) is 0 Å². The van der Waals surface area contributed by atoms with Crippen LogP contribution in [0.25, 0.3) is 0 Å². The van der Waals surface area contributed by atoms with Gasteiger partial charge in [0.1, 0.15) is 17.5 Å². The van der Waals surface area contributed by atoms with E-state index < -0.39 is 21.9 Å². The summed E-state index contributed by atoms with van der Waals surface area (Å²) in [7, 11) is -3.54. The van der Waals surface area contributed by atoms with Crippen LogP contribution in [0, 0.1) is 0 Å². The molecule has 2 rings (SSSR count). The molecule has 1 aromatic rings. The molecule has 0 aliphatic carbocycles. The molecule has 1 N–H and O–H groups in total. The van der Waals surface area contributed by atoms with Crippen LogP contribution >= 0.6 is 0 Å². The molecule has 0 bridgehead atoms. The second kappa shape index (κ2) is 7.17. The summed E-state index contributed by atoms with van der Waals surface area (Å²) in [4.78, 5) is 0. The van der Waals surface area contributed by atoms with E-state index in [0.29, 0.717) is 31.8 Å². The first-order chi connectivity index (χ1) is 10.8. The van der Waals surface area contributed by atoms with E-state index in [1.54, 1.807) is 6.92 Å². The highest BCUT2D eigenvalue weighted by atomic mass is 32.2. The number of β-amino-alcohol motifs (C(OH)–C–C–N with tert-alkyl or cyclic N) is 1. The molecule has 0 radical (unpaired) electrons. The van der Waals surface area contributed by atoms with Crippen LogP contribution in [0.2, 0.25) is 0 Å². The molecule has 1 heterocycles. The Kier molecular flexibility index (Phi) is 5.67. The Labute approximate surface area is 138 Å². The van der Waals surface area contributed by atoms with Crippen LogP contribution in [0.4, 0.5) is 0 Å². The van der Waals surface area contributed by atoms with Gasteiger partial charge < -0.3 is 9.84 Å². The molecular formula is C16H26N2O4S. The molecule has 1 aromatic carbocycles. The lowest BCUT2D eigenvalue weighted by Crippen LogP contribution is -2.60. The fourth-order valence-electron chi connectivity index (χ4n) is 2.87. The van der Waals surface area contributed by atoms with Crippen molar-refractivity contribution in [3.05, 3.63) is 30.3 Å². The van der Waals surface area contributed by atoms with Crippen LogP contribution in [0.15, 0.2) is 30.3 Å². The standard InChI is InChI=1S/C16H26N2O4S/c1-4-17(5-2)23(20,21)18-12-11-15(16(3,19)13-18)22-14-9-7-6-8-10-14/h6-10,15,19H,4-5,11-13H2,1-3H3/t15-,16-/m0/s1. The van der Waals surface area contributed by atoms with Crippen molar-refractivity contribution in [1.29, 1.82) is 0 Å². The molecule has 1 saturated heterocycles. The van der Waals surface area contributed by atoms with Crippen molar-refractivity contribution < 1.29 is 18.3 Å². The van der Waals surface area contributed by atoms with Crippen molar-refractivity contribution in [3.63, 3.8) is 0 Å². The predicted octanol–water partition coefficient (Wildman–Crippen LogP) is 1.48. The van der Waals surface area contributed by atoms with E-state index in [-0.39, 0.29) is 6.54 Å². The second-order valence-electron chi connectivity index (χ2n) is 5.99. The SMILES string of the molecule is CCN(CC)S(=O)(=O)N1CC[C@H](Oc2ccccc2)[C@@](C)(O)C1. The second-order valence-corrected chi connectivity index (χ2v) is 7.92. The van der Waals surface area contributed by atoms with Gasteiger partial charge >= 0.3 is 0 Å². The summed E-state index contributed by atoms with van der Waals surface area (Å²) in [5.74, 6) is 0.679. The third-order valence-corrected chi connectivity index (χ3v) is 6.34. The van der Waals surface area contributed by atoms with Crippen LogP contribution < -0.4 is 4.74 Å². The zero-order valence-electron chi connectivity index (χ0n) is 14.0. The Hall–Kier alpha value is -1.15. The fraction of sp³-hybridized carbons (Fsp3) is 0.625. The van der Waals surface area contributed by atoms with Gasteiger partial charge in [-0.2, -0.15) is 17.0 Å². The minimum atomic E-state index is -3.54. The summed E-state index contributed by atoms with van der Waals surface area (Å²) in [5, 5.41) is 10.7. The number of nitrogens with zero attached hydrogens (tertiary/aromatic N) is 2. The fourth-order valence-corrected chi connectivity index (χ4v) is 4.61. The van der Waals surface area contributed by atoms with Gasteiger partial charge in [-0.1, -0.05) is 32.0 Å². The molecular weight excluding hydrogens is 316 g/mol. The molecule has 0 unspecified atom stereocenters. The maximum Gasteiger partial charge on any atom is 0.282 e. The van der Waals surface area contributed by atoms with Crippen LogP contribution in [0.5, 0.6) is 5.75 Å². The maximum atomic E-state index is 12.6. The summed E-state index contributed by atoms with van der Waals surface area (Å²) >= 11 is 0. The average Bonchev–Trinajstić information content (AvgIpc) is 2.51. The minimum absolute atomic E-state index is 0.0311. The molecule has 7 heteroatoms. The Morgan fingerprint density at radius 3 is 2.43 bits per heavy atom. The van der Waals surface area contributed by atoms with Crippen molar-refractivity contribution in [1.82, 2.24) is 8.61 Å². The first kappa shape index (κ1) is 18.2. The Bertz CT molecular complexity index is 600. The van der Waals surface area contributed by atoms with Gasteiger partial charge in [-0.3, -0.25) is 0 Å². The number of hydrogen-bond donors (Lipinski definition) is 1. The highest BCUT2D eigenvalue weighted by Crippen LogP contribution is 2.28. The molecule has 23 heavy (non-hydrogen) atoms. The molecule has 1 fully saturated rings. The number of benzene rings is 1. The van der Waals surface area contributed by atoms with Crippen molar-refractivity contribution in [2.75, 3.05) is 26.2 Å². The largest absolute Gasteiger partial charge is 0.487 e. The Morgan fingerprint density at radius 1 is 1.30 bits per heavy atom. The lowest BCUT2D eigenvalue weighted by molar-refractivity contribution is -0.0822. The molecule has 2 atom stereocenters. The molecule has 6 nitrogen and oxygen atoms in total. The smallest absolute Gasteiger partial charge is 0.282 e. The predicted molar refractivity (Wildman–Crippen MR) is 89.5 cm³/mol. The average molecular weight is 342 g/mol. The highest BCUT2D eigenvalue weighted by Gasteiger charge is 2.44. The normalized spacial score (nSPS) is 26.4. The van der Waals surface area contributed by atoms with Crippen molar-refractivity contribution in [2.45, 2.75) is 38.9 Å². The van der Waals surface area contributed by atoms with Crippen molar-refractivity contribution in [2.24, 2.45) is 0 Å². The van der Waals surface area contributed by atoms with E-state index in [1.165, 1.54) is 8.61 Å². The number of aliphatic hydroxyl groups is 1. The minimum Gasteiger partial charge on any atom is -0.487 e. The topological polar surface area (TPSA) is 70.1 Å². The van der Waals surface area contributed by atoms with Crippen molar-refractivity contribution in [3.8, 4) is 5.75 Å². The van der Waals surface area contributed by atoms with Crippen LogP contribution in [0.1, 0.15) is 27.2 Å². The zero-order valence-corrected chi connectivity index (χ0v) is 14.8. The van der Waals surface area contributed by atoms with Gasteiger partial charge in [-0.05, 0) is 19.1 Å². The molecule has 0 amide bonds. The Morgan fingerprint density at radius 2 is 1.91 bits per heavy atom. The van der Waals surface area contributed by atoms with Gasteiger partial charge in [0.05, 0.1) is 0 Å². The monoisotopic (exact) mass is 342 g/mol. The molecule has 1 aliphatic rings. The van der Waals surface area contributed by atoms with Gasteiger partial charge in [-0.25, -0.2) is 0 Å². The van der Waals surface area contributed by atoms with Gasteiger partial charge in [-0.15, -0.1) is 0 Å². The van der Waals surface area contributed by atoms with Crippen LogP contribution in [0.3, 0.4) is 0 Å². The van der Waals surface area contributed by atoms with Crippen LogP contribution in [-0.2, 0) is 10.2 Å². The molecule has 0 aromatic heterocycles. The number of rotatable bonds is 6. The van der Waals surface area contributed by atoms with Gasteiger partial charge in [0.2, 0.25) is 0 Å². The van der Waals surface area contributed by atoms with E-state index >= 15 is 0 Å². The summed E-state index contributed by atoms with van der Waals surface area (Å²) in [6.45, 7) is 6.46. The molecule has 130 valence electrons. The van der Waals surface area contributed by atoms with Crippen molar-refractivity contribution >= 4 is 10.2 Å². The van der Waals surface area contributed by atoms with Gasteiger partial charge in [0, 0.05) is 32.6 Å². The summed E-state index contributed by atoms with van der Waals surface area (Å²) in [5.41, 5.74) is -1.24. The van der Waals surface area contributed by atoms with E-state index in [1.807, 2.05) is 44.2 Å². The summed E-state index contributed by atoms with van der Waals surface area (Å²) < 4.78 is 33.8. The Balaban J connectivity index is 2.10. The van der Waals surface area contributed by atoms with Crippen LogP contribution in [-0.4, -0.2) is 60.0 Å². The highest BCUT2D eigenvalue weighted by molar-refractivity contribution is 7.86. The first-order valence-corrected chi connectivity index (χ1v) is 9.40. The zero-order chi connectivity index (χ0) is 17.1. The third kappa shape index (κ3) is 4.03. The summed E-state index contributed by atoms with van der Waals surface area (Å²) in [6, 6.07) is 9.28. The van der Waals surface area contributed by atoms with E-state index in [0.717, 1.165) is 0 Å². The lowest BCUT2D eigenvalue weighted by atomic mass is 9.93. The lowest BCUT2D eigenvalue weighted by Gasteiger charge is -2.43. The van der Waals surface area contributed by atoms with Gasteiger partial charge in [0.25, 0.3) is 10.2 Å². The molecule has 0 spiro atoms. The maximum absolute atomic E-state index is 12.6. The number of para-hydroxylation sites is 1. The number of ether oxygens (including phenoxy) is 1. The first-order valence-electron chi connectivity index (χ1n) is 8.00. The quantitative estimate of drug-likeness (QED) is 0.850. The molecule has 1 aliphatic heterocycles. The number of hydrogen-bond acceptors (Lipinski definition) is 4. The van der Waals surface area contributed by atoms with E-state index in [9.17, 15) is 13.5 Å². The molecule has 0 saturated carbocycles. The number of piperidine rings is 1. The third-order valence-electron chi connectivity index (χ3n) is 4.21. The van der Waals surface area contributed by atoms with E-state index in [2.05, 4.69) is 0 Å². The summed E-state index contributed by atoms with van der Waals surface area (Å²) in [6.07, 6.45) is 0.00983.